The van der Waals surface area contributed by atoms with E-state index < -0.39 is 0 Å². The molecular formula is C13H23N5O. The van der Waals surface area contributed by atoms with Crippen LogP contribution in [0.5, 0.6) is 0 Å². The molecule has 0 bridgehead atoms. The first-order chi connectivity index (χ1) is 9.08. The number of piperidine rings is 1. The highest BCUT2D eigenvalue weighted by atomic mass is 16.2. The predicted molar refractivity (Wildman–Crippen MR) is 74.8 cm³/mol. The first kappa shape index (κ1) is 13.9. The Balaban J connectivity index is 1.88. The molecule has 1 amide bonds. The second-order valence-electron chi connectivity index (χ2n) is 5.31. The van der Waals surface area contributed by atoms with Crippen molar-refractivity contribution in [3.05, 3.63) is 11.9 Å². The molecule has 1 fully saturated rings. The van der Waals surface area contributed by atoms with Gasteiger partial charge in [0.1, 0.15) is 5.69 Å². The van der Waals surface area contributed by atoms with E-state index >= 15 is 0 Å². The van der Waals surface area contributed by atoms with E-state index in [0.29, 0.717) is 11.4 Å². The molecule has 1 aliphatic heterocycles. The minimum Gasteiger partial charge on any atom is -0.396 e. The summed E-state index contributed by atoms with van der Waals surface area (Å²) in [4.78, 5) is 14.5. The quantitative estimate of drug-likeness (QED) is 0.836. The van der Waals surface area contributed by atoms with Crippen molar-refractivity contribution in [1.29, 1.82) is 0 Å². The molecule has 6 heteroatoms. The molecule has 0 saturated carbocycles. The van der Waals surface area contributed by atoms with Gasteiger partial charge in [0.05, 0.1) is 11.9 Å². The van der Waals surface area contributed by atoms with E-state index in [0.717, 1.165) is 19.6 Å². The van der Waals surface area contributed by atoms with Crippen LogP contribution < -0.4 is 11.1 Å². The number of nitrogens with zero attached hydrogens (tertiary/aromatic N) is 3. The van der Waals surface area contributed by atoms with Gasteiger partial charge in [-0.1, -0.05) is 6.42 Å². The van der Waals surface area contributed by atoms with Crippen molar-refractivity contribution in [1.82, 2.24) is 20.0 Å². The van der Waals surface area contributed by atoms with E-state index in [-0.39, 0.29) is 11.9 Å². The van der Waals surface area contributed by atoms with Crippen LogP contribution in [0.3, 0.4) is 0 Å². The van der Waals surface area contributed by atoms with Gasteiger partial charge in [-0.15, -0.1) is 0 Å². The summed E-state index contributed by atoms with van der Waals surface area (Å²) in [6.45, 7) is 5.19. The third-order valence-corrected chi connectivity index (χ3v) is 3.54. The summed E-state index contributed by atoms with van der Waals surface area (Å²) in [6.07, 6.45) is 5.34. The molecule has 2 rings (SSSR count). The second-order valence-corrected chi connectivity index (χ2v) is 5.31. The van der Waals surface area contributed by atoms with Gasteiger partial charge in [-0.25, -0.2) is 0 Å². The Labute approximate surface area is 113 Å². The van der Waals surface area contributed by atoms with E-state index in [1.165, 1.54) is 30.1 Å². The standard InChI is InChI=1S/C13H23N5O/c1-10(9-18-6-4-3-5-7-18)16-13(19)12-11(14)8-15-17(12)2/h8,10H,3-7,9,14H2,1-2H3,(H,16,19). The lowest BCUT2D eigenvalue weighted by atomic mass is 10.1. The largest absolute Gasteiger partial charge is 0.396 e. The smallest absolute Gasteiger partial charge is 0.271 e. The number of carbonyl (C=O) groups excluding carboxylic acids is 1. The molecule has 0 aromatic carbocycles. The lowest BCUT2D eigenvalue weighted by Crippen LogP contribution is -2.44. The second kappa shape index (κ2) is 6.06. The number of aryl methyl sites for hydroxylation is 1. The number of rotatable bonds is 4. The van der Waals surface area contributed by atoms with Crippen molar-refractivity contribution in [2.24, 2.45) is 7.05 Å². The zero-order valence-corrected chi connectivity index (χ0v) is 11.7. The molecule has 19 heavy (non-hydrogen) atoms. The van der Waals surface area contributed by atoms with Gasteiger partial charge >= 0.3 is 0 Å². The molecule has 106 valence electrons. The van der Waals surface area contributed by atoms with Crippen LogP contribution in [0.2, 0.25) is 0 Å². The topological polar surface area (TPSA) is 76.2 Å². The first-order valence-corrected chi connectivity index (χ1v) is 6.88. The van der Waals surface area contributed by atoms with Crippen LogP contribution >= 0.6 is 0 Å². The van der Waals surface area contributed by atoms with Crippen molar-refractivity contribution < 1.29 is 4.79 Å². The molecule has 1 aromatic rings. The Bertz CT molecular complexity index is 417. The van der Waals surface area contributed by atoms with Crippen molar-refractivity contribution in [3.8, 4) is 0 Å². The van der Waals surface area contributed by atoms with E-state index in [1.54, 1.807) is 7.05 Å². The Morgan fingerprint density at radius 2 is 2.16 bits per heavy atom. The Morgan fingerprint density at radius 3 is 2.74 bits per heavy atom. The number of nitrogen functional groups attached to an aromatic ring is 1. The van der Waals surface area contributed by atoms with Crippen LogP contribution in [-0.4, -0.2) is 46.3 Å². The summed E-state index contributed by atoms with van der Waals surface area (Å²) in [5, 5.41) is 6.97. The van der Waals surface area contributed by atoms with Crippen molar-refractivity contribution in [3.63, 3.8) is 0 Å². The van der Waals surface area contributed by atoms with Gasteiger partial charge in [-0.2, -0.15) is 5.10 Å². The molecule has 1 saturated heterocycles. The SMILES string of the molecule is CC(CN1CCCCC1)NC(=O)c1c(N)cnn1C. The monoisotopic (exact) mass is 265 g/mol. The fourth-order valence-electron chi connectivity index (χ4n) is 2.60. The summed E-state index contributed by atoms with van der Waals surface area (Å²) in [5.74, 6) is -0.151. The maximum Gasteiger partial charge on any atom is 0.271 e. The highest BCUT2D eigenvalue weighted by Gasteiger charge is 2.19. The molecule has 0 radical (unpaired) electrons. The van der Waals surface area contributed by atoms with Gasteiger partial charge in [0.25, 0.3) is 5.91 Å². The Hall–Kier alpha value is -1.56. The van der Waals surface area contributed by atoms with Gasteiger partial charge in [0, 0.05) is 19.6 Å². The molecule has 1 aromatic heterocycles. The average molecular weight is 265 g/mol. The zero-order valence-electron chi connectivity index (χ0n) is 11.7. The van der Waals surface area contributed by atoms with E-state index in [1.807, 2.05) is 6.92 Å². The molecule has 3 N–H and O–H groups in total. The number of hydrogen-bond acceptors (Lipinski definition) is 4. The Kier molecular flexibility index (Phi) is 4.42. The highest BCUT2D eigenvalue weighted by molar-refractivity contribution is 5.97. The number of anilines is 1. The Morgan fingerprint density at radius 1 is 1.47 bits per heavy atom. The molecule has 1 unspecified atom stereocenters. The molecule has 6 nitrogen and oxygen atoms in total. The van der Waals surface area contributed by atoms with Crippen LogP contribution in [0, 0.1) is 0 Å². The maximum absolute atomic E-state index is 12.1. The number of carbonyl (C=O) groups is 1. The van der Waals surface area contributed by atoms with E-state index in [9.17, 15) is 4.79 Å². The van der Waals surface area contributed by atoms with E-state index in [2.05, 4.69) is 15.3 Å². The summed E-state index contributed by atoms with van der Waals surface area (Å²) in [6, 6.07) is 0.111. The molecular weight excluding hydrogens is 242 g/mol. The van der Waals surface area contributed by atoms with Gasteiger partial charge < -0.3 is 16.0 Å². The third-order valence-electron chi connectivity index (χ3n) is 3.54. The van der Waals surface area contributed by atoms with Gasteiger partial charge in [0.2, 0.25) is 0 Å². The first-order valence-electron chi connectivity index (χ1n) is 6.88. The predicted octanol–water partition coefficient (Wildman–Crippen LogP) is 0.607. The number of likely N-dealkylation sites (tertiary alicyclic amines) is 1. The van der Waals surface area contributed by atoms with Crippen molar-refractivity contribution in [2.75, 3.05) is 25.4 Å². The number of amides is 1. The number of nitrogens with two attached hydrogens (primary N) is 1. The highest BCUT2D eigenvalue weighted by Crippen LogP contribution is 2.11. The maximum atomic E-state index is 12.1. The van der Waals surface area contributed by atoms with Crippen LogP contribution in [0.1, 0.15) is 36.7 Å². The molecule has 2 heterocycles. The van der Waals surface area contributed by atoms with Crippen LogP contribution in [0.15, 0.2) is 6.20 Å². The normalized spacial score (nSPS) is 18.2. The number of hydrogen-bond donors (Lipinski definition) is 2. The minimum absolute atomic E-state index is 0.111. The lowest BCUT2D eigenvalue weighted by molar-refractivity contribution is 0.0917. The zero-order chi connectivity index (χ0) is 13.8. The fraction of sp³-hybridized carbons (Fsp3) is 0.692. The molecule has 1 atom stereocenters. The number of nitrogens with one attached hydrogen (secondary N) is 1. The van der Waals surface area contributed by atoms with Gasteiger partial charge in [-0.3, -0.25) is 9.48 Å². The number of aromatic nitrogens is 2. The van der Waals surface area contributed by atoms with Crippen LogP contribution in [0.4, 0.5) is 5.69 Å². The summed E-state index contributed by atoms with van der Waals surface area (Å²) in [5.41, 5.74) is 6.60. The van der Waals surface area contributed by atoms with Crippen molar-refractivity contribution >= 4 is 11.6 Å². The van der Waals surface area contributed by atoms with Gasteiger partial charge in [0.15, 0.2) is 0 Å². The van der Waals surface area contributed by atoms with Crippen molar-refractivity contribution in [2.45, 2.75) is 32.2 Å². The van der Waals surface area contributed by atoms with Crippen LogP contribution in [-0.2, 0) is 7.05 Å². The molecule has 0 aliphatic carbocycles. The van der Waals surface area contributed by atoms with E-state index in [4.69, 9.17) is 5.73 Å². The molecule has 1 aliphatic rings. The van der Waals surface area contributed by atoms with Crippen LogP contribution in [0.25, 0.3) is 0 Å². The van der Waals surface area contributed by atoms with Gasteiger partial charge in [-0.05, 0) is 32.9 Å². The summed E-state index contributed by atoms with van der Waals surface area (Å²) >= 11 is 0. The third kappa shape index (κ3) is 3.47. The lowest BCUT2D eigenvalue weighted by Gasteiger charge is -2.29. The average Bonchev–Trinajstić information content (AvgIpc) is 2.70. The molecule has 0 spiro atoms. The summed E-state index contributed by atoms with van der Waals surface area (Å²) in [7, 11) is 1.72. The fourth-order valence-corrected chi connectivity index (χ4v) is 2.60. The minimum atomic E-state index is -0.151. The summed E-state index contributed by atoms with van der Waals surface area (Å²) < 4.78 is 1.51.